The van der Waals surface area contributed by atoms with E-state index in [9.17, 15) is 0 Å². The van der Waals surface area contributed by atoms with Crippen LogP contribution in [0.15, 0.2) is 12.4 Å². The second-order valence-electron chi connectivity index (χ2n) is 4.68. The van der Waals surface area contributed by atoms with Crippen molar-refractivity contribution in [2.45, 2.75) is 58.9 Å². The minimum atomic E-state index is 0.149. The summed E-state index contributed by atoms with van der Waals surface area (Å²) in [6.45, 7) is 9.74. The Balaban J connectivity index is 2.77. The zero-order valence-electron chi connectivity index (χ0n) is 12.1. The molecule has 102 valence electrons. The molecule has 0 aliphatic heterocycles. The number of hydrogen-bond donors (Lipinski definition) is 2. The lowest BCUT2D eigenvalue weighted by molar-refractivity contribution is 0.419. The Morgan fingerprint density at radius 2 is 1.61 bits per heavy atom. The number of anilines is 2. The van der Waals surface area contributed by atoms with Crippen molar-refractivity contribution in [2.24, 2.45) is 0 Å². The van der Waals surface area contributed by atoms with E-state index in [0.29, 0.717) is 0 Å². The zero-order valence-corrected chi connectivity index (χ0v) is 12.1. The molecule has 0 amide bonds. The van der Waals surface area contributed by atoms with Gasteiger partial charge < -0.3 is 10.6 Å². The van der Waals surface area contributed by atoms with E-state index in [2.05, 4.69) is 48.3 Å². The molecule has 1 rings (SSSR count). The van der Waals surface area contributed by atoms with Crippen LogP contribution in [0.25, 0.3) is 0 Å². The van der Waals surface area contributed by atoms with E-state index in [-0.39, 0.29) is 5.54 Å². The quantitative estimate of drug-likeness (QED) is 0.739. The maximum absolute atomic E-state index is 4.31. The molecular weight excluding hydrogens is 224 g/mol. The van der Waals surface area contributed by atoms with E-state index in [4.69, 9.17) is 0 Å². The first-order chi connectivity index (χ1) is 8.69. The first-order valence-corrected chi connectivity index (χ1v) is 7.03. The lowest BCUT2D eigenvalue weighted by Gasteiger charge is -2.32. The molecule has 1 aromatic heterocycles. The second kappa shape index (κ2) is 7.19. The number of rotatable bonds is 8. The third kappa shape index (κ3) is 3.86. The van der Waals surface area contributed by atoms with Crippen molar-refractivity contribution in [3.8, 4) is 0 Å². The Hall–Kier alpha value is -1.32. The van der Waals surface area contributed by atoms with Crippen molar-refractivity contribution in [2.75, 3.05) is 17.2 Å². The highest BCUT2D eigenvalue weighted by molar-refractivity contribution is 5.47. The van der Waals surface area contributed by atoms with E-state index < -0.39 is 0 Å². The van der Waals surface area contributed by atoms with E-state index in [1.807, 2.05) is 6.07 Å². The van der Waals surface area contributed by atoms with Crippen LogP contribution in [-0.2, 0) is 0 Å². The highest BCUT2D eigenvalue weighted by Gasteiger charge is 2.23. The molecule has 18 heavy (non-hydrogen) atoms. The van der Waals surface area contributed by atoms with Gasteiger partial charge in [-0.2, -0.15) is 0 Å². The van der Waals surface area contributed by atoms with E-state index >= 15 is 0 Å². The van der Waals surface area contributed by atoms with Gasteiger partial charge in [0, 0.05) is 18.2 Å². The summed E-state index contributed by atoms with van der Waals surface area (Å²) >= 11 is 0. The number of nitrogens with zero attached hydrogens (tertiary/aromatic N) is 2. The maximum atomic E-state index is 4.31. The summed E-state index contributed by atoms with van der Waals surface area (Å²) in [5.74, 6) is 1.81. The summed E-state index contributed by atoms with van der Waals surface area (Å²) in [5.41, 5.74) is 0.149. The minimum Gasteiger partial charge on any atom is -0.370 e. The van der Waals surface area contributed by atoms with Crippen LogP contribution in [-0.4, -0.2) is 22.1 Å². The normalized spacial score (nSPS) is 11.3. The molecule has 0 saturated carbocycles. The average molecular weight is 250 g/mol. The van der Waals surface area contributed by atoms with Gasteiger partial charge in [-0.15, -0.1) is 0 Å². The lowest BCUT2D eigenvalue weighted by atomic mass is 9.90. The van der Waals surface area contributed by atoms with E-state index in [0.717, 1.165) is 43.9 Å². The van der Waals surface area contributed by atoms with Crippen LogP contribution in [0.4, 0.5) is 11.6 Å². The van der Waals surface area contributed by atoms with Crippen molar-refractivity contribution in [1.82, 2.24) is 9.97 Å². The monoisotopic (exact) mass is 250 g/mol. The van der Waals surface area contributed by atoms with Crippen LogP contribution in [0, 0.1) is 0 Å². The van der Waals surface area contributed by atoms with Gasteiger partial charge in [-0.1, -0.05) is 27.7 Å². The first-order valence-electron chi connectivity index (χ1n) is 7.03. The van der Waals surface area contributed by atoms with Crippen molar-refractivity contribution in [3.63, 3.8) is 0 Å². The standard InChI is InChI=1S/C14H26N4/c1-5-9-15-12-10-13(17-11-16-12)18-14(6-2,7-3)8-4/h10-11H,5-9H2,1-4H3,(H2,15,16,17,18). The maximum Gasteiger partial charge on any atom is 0.131 e. The molecule has 0 saturated heterocycles. The zero-order chi connectivity index (χ0) is 13.4. The fourth-order valence-electron chi connectivity index (χ4n) is 2.06. The molecule has 0 radical (unpaired) electrons. The topological polar surface area (TPSA) is 49.8 Å². The van der Waals surface area contributed by atoms with Crippen molar-refractivity contribution in [3.05, 3.63) is 12.4 Å². The van der Waals surface area contributed by atoms with Crippen molar-refractivity contribution in [1.29, 1.82) is 0 Å². The second-order valence-corrected chi connectivity index (χ2v) is 4.68. The van der Waals surface area contributed by atoms with Gasteiger partial charge in [0.1, 0.15) is 18.0 Å². The Bertz CT molecular complexity index is 339. The molecule has 0 aliphatic rings. The first kappa shape index (κ1) is 14.7. The van der Waals surface area contributed by atoms with Crippen LogP contribution in [0.1, 0.15) is 53.4 Å². The largest absolute Gasteiger partial charge is 0.370 e. The van der Waals surface area contributed by atoms with Crippen LogP contribution in [0.5, 0.6) is 0 Å². The van der Waals surface area contributed by atoms with Gasteiger partial charge >= 0.3 is 0 Å². The van der Waals surface area contributed by atoms with Crippen LogP contribution in [0.3, 0.4) is 0 Å². The van der Waals surface area contributed by atoms with Gasteiger partial charge in [0.05, 0.1) is 0 Å². The third-order valence-corrected chi connectivity index (χ3v) is 3.65. The summed E-state index contributed by atoms with van der Waals surface area (Å²) in [5, 5.41) is 6.85. The van der Waals surface area contributed by atoms with Gasteiger partial charge in [0.15, 0.2) is 0 Å². The summed E-state index contributed by atoms with van der Waals surface area (Å²) in [7, 11) is 0. The molecule has 1 heterocycles. The summed E-state index contributed by atoms with van der Waals surface area (Å²) in [6.07, 6.45) is 6.01. The van der Waals surface area contributed by atoms with E-state index in [1.165, 1.54) is 0 Å². The number of hydrogen-bond acceptors (Lipinski definition) is 4. The molecule has 0 unspecified atom stereocenters. The van der Waals surface area contributed by atoms with Gasteiger partial charge in [-0.25, -0.2) is 9.97 Å². The van der Waals surface area contributed by atoms with Crippen LogP contribution in [0.2, 0.25) is 0 Å². The van der Waals surface area contributed by atoms with Crippen LogP contribution >= 0.6 is 0 Å². The summed E-state index contributed by atoms with van der Waals surface area (Å²) in [6, 6.07) is 1.99. The minimum absolute atomic E-state index is 0.149. The summed E-state index contributed by atoms with van der Waals surface area (Å²) in [4.78, 5) is 8.54. The van der Waals surface area contributed by atoms with Crippen molar-refractivity contribution < 1.29 is 0 Å². The molecule has 0 atom stereocenters. The van der Waals surface area contributed by atoms with Crippen molar-refractivity contribution >= 4 is 11.6 Å². The Morgan fingerprint density at radius 1 is 1.00 bits per heavy atom. The Kier molecular flexibility index (Phi) is 5.89. The molecule has 4 heteroatoms. The average Bonchev–Trinajstić information content (AvgIpc) is 2.43. The smallest absolute Gasteiger partial charge is 0.131 e. The molecule has 1 aromatic rings. The van der Waals surface area contributed by atoms with Gasteiger partial charge in [0.25, 0.3) is 0 Å². The number of aromatic nitrogens is 2. The molecule has 0 fully saturated rings. The fraction of sp³-hybridized carbons (Fsp3) is 0.714. The fourth-order valence-corrected chi connectivity index (χ4v) is 2.06. The highest BCUT2D eigenvalue weighted by Crippen LogP contribution is 2.25. The molecule has 4 nitrogen and oxygen atoms in total. The Morgan fingerprint density at radius 3 is 2.17 bits per heavy atom. The Labute approximate surface area is 111 Å². The third-order valence-electron chi connectivity index (χ3n) is 3.65. The van der Waals surface area contributed by atoms with E-state index in [1.54, 1.807) is 6.33 Å². The summed E-state index contributed by atoms with van der Waals surface area (Å²) < 4.78 is 0. The van der Waals surface area contributed by atoms with Gasteiger partial charge in [-0.05, 0) is 25.7 Å². The number of nitrogens with one attached hydrogen (secondary N) is 2. The SMILES string of the molecule is CCCNc1cc(NC(CC)(CC)CC)ncn1. The molecule has 0 aromatic carbocycles. The molecule has 0 bridgehead atoms. The van der Waals surface area contributed by atoms with Gasteiger partial charge in [0.2, 0.25) is 0 Å². The molecular formula is C14H26N4. The predicted octanol–water partition coefficient (Wildman–Crippen LogP) is 3.68. The molecule has 0 spiro atoms. The lowest BCUT2D eigenvalue weighted by Crippen LogP contribution is -2.36. The predicted molar refractivity (Wildman–Crippen MR) is 78.0 cm³/mol. The van der Waals surface area contributed by atoms with Gasteiger partial charge in [-0.3, -0.25) is 0 Å². The van der Waals surface area contributed by atoms with Crippen LogP contribution < -0.4 is 10.6 Å². The highest BCUT2D eigenvalue weighted by atomic mass is 15.1. The molecule has 0 aliphatic carbocycles. The molecule has 2 N–H and O–H groups in total.